The van der Waals surface area contributed by atoms with Crippen LogP contribution in [-0.2, 0) is 31.8 Å². The summed E-state index contributed by atoms with van der Waals surface area (Å²) in [4.78, 5) is 15.0. The molecule has 2 N–H and O–H groups in total. The van der Waals surface area contributed by atoms with Gasteiger partial charge in [0.25, 0.3) is 0 Å². The monoisotopic (exact) mass is 532 g/mol. The normalized spacial score (nSPS) is 16.7. The fourth-order valence-electron chi connectivity index (χ4n) is 4.93. The molecule has 4 atom stereocenters. The lowest BCUT2D eigenvalue weighted by Gasteiger charge is -2.55. The van der Waals surface area contributed by atoms with Crippen molar-refractivity contribution >= 4 is 26.5 Å². The lowest BCUT2D eigenvalue weighted by Crippen LogP contribution is -2.75. The second-order valence-electron chi connectivity index (χ2n) is 8.92. The smallest absolute Gasteiger partial charge is 0.318 e. The Balaban J connectivity index is 2.63. The van der Waals surface area contributed by atoms with Gasteiger partial charge in [-0.15, -0.1) is 0 Å². The average molecular weight is 533 g/mol. The van der Waals surface area contributed by atoms with Gasteiger partial charge in [-0.1, -0.05) is 60.7 Å². The van der Waals surface area contributed by atoms with Crippen LogP contribution in [0.15, 0.2) is 60.7 Å². The van der Waals surface area contributed by atoms with Crippen molar-refractivity contribution in [2.45, 2.75) is 63.4 Å². The Bertz CT molecular complexity index is 840. The molecule has 0 aliphatic rings. The highest BCUT2D eigenvalue weighted by atomic mass is 28.2. The van der Waals surface area contributed by atoms with Gasteiger partial charge >= 0.3 is 6.03 Å². The Morgan fingerprint density at radius 2 is 1.11 bits per heavy atom. The summed E-state index contributed by atoms with van der Waals surface area (Å²) >= 11 is 0. The Morgan fingerprint density at radius 1 is 0.750 bits per heavy atom. The maximum absolute atomic E-state index is 13.4. The van der Waals surface area contributed by atoms with Crippen molar-refractivity contribution in [3.63, 3.8) is 0 Å². The van der Waals surface area contributed by atoms with E-state index in [1.807, 2.05) is 64.1 Å². The number of hydrogen-bond donors (Lipinski definition) is 1. The lowest BCUT2D eigenvalue weighted by molar-refractivity contribution is -0.242. The molecule has 7 nitrogen and oxygen atoms in total. The molecule has 0 aromatic heterocycles. The lowest BCUT2D eigenvalue weighted by atomic mass is 10.0. The summed E-state index contributed by atoms with van der Waals surface area (Å²) in [6.45, 7) is 9.50. The molecule has 2 aromatic carbocycles. The van der Waals surface area contributed by atoms with Gasteiger partial charge in [-0.05, 0) is 38.8 Å². The Morgan fingerprint density at radius 3 is 1.39 bits per heavy atom. The predicted molar refractivity (Wildman–Crippen MR) is 151 cm³/mol. The Hall–Kier alpha value is -2.02. The highest BCUT2D eigenvalue weighted by molar-refractivity contribution is 6.20. The maximum atomic E-state index is 13.4. The number of rotatable bonds is 16. The van der Waals surface area contributed by atoms with Crippen molar-refractivity contribution in [3.05, 3.63) is 71.8 Å². The van der Waals surface area contributed by atoms with Gasteiger partial charge in [0.15, 0.2) is 0 Å². The molecular weight excluding hydrogens is 488 g/mol. The number of nitrogens with two attached hydrogens (primary N) is 1. The molecule has 2 rings (SSSR count). The van der Waals surface area contributed by atoms with Crippen LogP contribution in [0.5, 0.6) is 0 Å². The quantitative estimate of drug-likeness (QED) is 0.263. The van der Waals surface area contributed by atoms with Crippen LogP contribution in [0.2, 0.25) is 0 Å². The minimum atomic E-state index is -1.07. The summed E-state index contributed by atoms with van der Waals surface area (Å²) in [6.07, 6.45) is 0.279. The van der Waals surface area contributed by atoms with Crippen LogP contribution in [-0.4, -0.2) is 80.7 Å². The topological polar surface area (TPSA) is 83.2 Å². The number of nitrogens with zero attached hydrogens (tertiary/aromatic N) is 1. The van der Waals surface area contributed by atoms with Crippen LogP contribution in [0.25, 0.3) is 0 Å². The van der Waals surface area contributed by atoms with E-state index in [4.69, 9.17) is 24.7 Å². The molecule has 0 spiro atoms. The van der Waals surface area contributed by atoms with Crippen molar-refractivity contribution < 1.29 is 23.7 Å². The largest absolute Gasteiger partial charge is 0.374 e. The van der Waals surface area contributed by atoms with Crippen LogP contribution in [0.3, 0.4) is 0 Å². The Kier molecular flexibility index (Phi) is 12.3. The molecular formula is C27H44N2O5Si2. The number of primary amides is 1. The third kappa shape index (κ3) is 7.50. The van der Waals surface area contributed by atoms with E-state index in [1.54, 1.807) is 4.90 Å². The summed E-state index contributed by atoms with van der Waals surface area (Å²) in [5.74, 6) is 0. The molecule has 0 saturated heterocycles. The molecule has 200 valence electrons. The van der Waals surface area contributed by atoms with Gasteiger partial charge in [-0.25, -0.2) is 4.79 Å². The van der Waals surface area contributed by atoms with Crippen molar-refractivity contribution in [2.75, 3.05) is 26.4 Å². The first-order valence-corrected chi connectivity index (χ1v) is 14.9. The van der Waals surface area contributed by atoms with Crippen molar-refractivity contribution in [2.24, 2.45) is 5.73 Å². The fraction of sp³-hybridized carbons (Fsp3) is 0.519. The van der Waals surface area contributed by atoms with E-state index in [2.05, 4.69) is 24.3 Å². The number of hydrogen-bond acceptors (Lipinski definition) is 5. The summed E-state index contributed by atoms with van der Waals surface area (Å²) in [5.41, 5.74) is 8.38. The van der Waals surface area contributed by atoms with E-state index in [0.29, 0.717) is 59.8 Å². The van der Waals surface area contributed by atoms with E-state index in [-0.39, 0.29) is 0 Å². The molecule has 2 amide bonds. The molecule has 4 unspecified atom stereocenters. The first-order chi connectivity index (χ1) is 17.3. The zero-order chi connectivity index (χ0) is 26.6. The number of carbonyl (C=O) groups is 1. The van der Waals surface area contributed by atoms with E-state index in [9.17, 15) is 4.79 Å². The van der Waals surface area contributed by atoms with Crippen molar-refractivity contribution in [1.82, 2.24) is 4.90 Å². The van der Waals surface area contributed by atoms with E-state index in [0.717, 1.165) is 11.1 Å². The second-order valence-corrected chi connectivity index (χ2v) is 11.8. The highest BCUT2D eigenvalue weighted by Crippen LogP contribution is 2.34. The predicted octanol–water partition coefficient (Wildman–Crippen LogP) is 1.77. The minimum absolute atomic E-state index is 0.396. The summed E-state index contributed by atoms with van der Waals surface area (Å²) in [7, 11) is 0.885. The summed E-state index contributed by atoms with van der Waals surface area (Å²) < 4.78 is 25.5. The van der Waals surface area contributed by atoms with Gasteiger partial charge in [0.05, 0.1) is 20.5 Å². The third-order valence-corrected chi connectivity index (χ3v) is 9.20. The van der Waals surface area contributed by atoms with Crippen LogP contribution >= 0.6 is 0 Å². The average Bonchev–Trinajstić information content (AvgIpc) is 2.85. The van der Waals surface area contributed by atoms with Gasteiger partial charge in [0, 0.05) is 39.3 Å². The number of benzene rings is 2. The highest BCUT2D eigenvalue weighted by Gasteiger charge is 2.55. The van der Waals surface area contributed by atoms with Crippen LogP contribution in [0.1, 0.15) is 38.8 Å². The standard InChI is InChI=1S/C27H44N2O5Si2/c1-5-31-23(19-21-15-11-9-12-16-21)26(35,33-7-3)29(25(28)30)27(36,34-8-4)24(32-6-2)20-22-17-13-10-14-18-22/h9-18,23-24H,5-8,19-20H2,1-4,35-36H3,(H2,28,30). The molecule has 0 saturated carbocycles. The number of amides is 2. The molecule has 36 heavy (non-hydrogen) atoms. The van der Waals surface area contributed by atoms with Crippen molar-refractivity contribution in [3.8, 4) is 0 Å². The van der Waals surface area contributed by atoms with Gasteiger partial charge in [0.2, 0.25) is 0 Å². The van der Waals surface area contributed by atoms with Gasteiger partial charge in [-0.2, -0.15) is 0 Å². The van der Waals surface area contributed by atoms with Crippen LogP contribution < -0.4 is 5.73 Å². The Labute approximate surface area is 222 Å². The van der Waals surface area contributed by atoms with Gasteiger partial charge in [0.1, 0.15) is 22.9 Å². The first-order valence-electron chi connectivity index (χ1n) is 12.9. The number of carbonyl (C=O) groups excluding carboxylic acids is 1. The third-order valence-electron chi connectivity index (χ3n) is 6.44. The molecule has 0 heterocycles. The van der Waals surface area contributed by atoms with Gasteiger partial charge < -0.3 is 24.7 Å². The second kappa shape index (κ2) is 14.7. The molecule has 9 heteroatoms. The molecule has 0 fully saturated rings. The molecule has 0 aliphatic carbocycles. The van der Waals surface area contributed by atoms with Crippen molar-refractivity contribution in [1.29, 1.82) is 0 Å². The van der Waals surface area contributed by atoms with E-state index in [1.165, 1.54) is 0 Å². The molecule has 0 aliphatic heterocycles. The molecule has 0 bridgehead atoms. The maximum Gasteiger partial charge on any atom is 0.318 e. The molecule has 2 aromatic rings. The number of ether oxygens (including phenoxy) is 4. The summed E-state index contributed by atoms with van der Waals surface area (Å²) in [5, 5.41) is -2.15. The van der Waals surface area contributed by atoms with Crippen LogP contribution in [0, 0.1) is 0 Å². The fourth-order valence-corrected chi connectivity index (χ4v) is 8.03. The zero-order valence-corrected chi connectivity index (χ0v) is 26.7. The number of urea groups is 1. The van der Waals surface area contributed by atoms with E-state index >= 15 is 0 Å². The van der Waals surface area contributed by atoms with Crippen LogP contribution in [0.4, 0.5) is 4.79 Å². The first kappa shape index (κ1) is 30.2. The SMILES string of the molecule is CCOC(Cc1ccccc1)C([SiH3])(OCC)N(C(N)=O)C([SiH3])(OCC)C(Cc1ccccc1)OCC. The van der Waals surface area contributed by atoms with Gasteiger partial charge in [-0.3, -0.25) is 4.90 Å². The minimum Gasteiger partial charge on any atom is -0.374 e. The summed E-state index contributed by atoms with van der Waals surface area (Å²) in [6, 6.07) is 19.6. The van der Waals surface area contributed by atoms with E-state index < -0.39 is 28.9 Å². The molecule has 0 radical (unpaired) electrons. The zero-order valence-electron chi connectivity index (χ0n) is 22.7.